The number of aromatic nitrogens is 1. The minimum Gasteiger partial charge on any atom is -0.478 e. The second-order valence-electron chi connectivity index (χ2n) is 4.53. The van der Waals surface area contributed by atoms with Crippen LogP contribution in [-0.2, 0) is 0 Å². The summed E-state index contributed by atoms with van der Waals surface area (Å²) in [7, 11) is 0. The molecule has 0 aliphatic carbocycles. The Morgan fingerprint density at radius 2 is 1.95 bits per heavy atom. The normalized spacial score (nSPS) is 10.4. The first kappa shape index (κ1) is 14.2. The molecule has 0 bridgehead atoms. The van der Waals surface area contributed by atoms with Gasteiger partial charge in [-0.2, -0.15) is 0 Å². The van der Waals surface area contributed by atoms with Crippen molar-refractivity contribution in [3.63, 3.8) is 0 Å². The highest BCUT2D eigenvalue weighted by Gasteiger charge is 2.12. The van der Waals surface area contributed by atoms with Crippen molar-refractivity contribution in [3.8, 4) is 10.6 Å². The van der Waals surface area contributed by atoms with Crippen molar-refractivity contribution in [3.05, 3.63) is 65.4 Å². The van der Waals surface area contributed by atoms with Gasteiger partial charge in [0, 0.05) is 22.8 Å². The molecule has 0 saturated carbocycles. The van der Waals surface area contributed by atoms with E-state index in [1.54, 1.807) is 30.5 Å². The zero-order chi connectivity index (χ0) is 15.5. The molecule has 4 nitrogen and oxygen atoms in total. The summed E-state index contributed by atoms with van der Waals surface area (Å²) in [6.45, 7) is 0. The Labute approximate surface area is 129 Å². The van der Waals surface area contributed by atoms with Crippen molar-refractivity contribution >= 4 is 28.7 Å². The van der Waals surface area contributed by atoms with Crippen LogP contribution in [0, 0.1) is 5.82 Å². The lowest BCUT2D eigenvalue weighted by Crippen LogP contribution is -2.03. The lowest BCUT2D eigenvalue weighted by atomic mass is 10.1. The number of carbonyl (C=O) groups is 1. The van der Waals surface area contributed by atoms with Gasteiger partial charge in [0.25, 0.3) is 0 Å². The number of hydrogen-bond acceptors (Lipinski definition) is 4. The molecule has 0 atom stereocenters. The molecule has 3 aromatic rings. The van der Waals surface area contributed by atoms with E-state index in [2.05, 4.69) is 10.3 Å². The van der Waals surface area contributed by atoms with Gasteiger partial charge >= 0.3 is 5.97 Å². The monoisotopic (exact) mass is 314 g/mol. The minimum absolute atomic E-state index is 0.143. The molecule has 0 aliphatic rings. The van der Waals surface area contributed by atoms with Gasteiger partial charge in [0.2, 0.25) is 0 Å². The van der Waals surface area contributed by atoms with E-state index in [1.165, 1.54) is 29.5 Å². The van der Waals surface area contributed by atoms with Crippen molar-refractivity contribution in [2.24, 2.45) is 0 Å². The molecule has 0 aliphatic heterocycles. The van der Waals surface area contributed by atoms with Crippen LogP contribution in [0.15, 0.2) is 54.0 Å². The fourth-order valence-corrected chi connectivity index (χ4v) is 2.66. The molecule has 2 N–H and O–H groups in total. The average molecular weight is 314 g/mol. The molecule has 1 heterocycles. The fraction of sp³-hybridized carbons (Fsp3) is 0. The minimum atomic E-state index is -1.03. The Morgan fingerprint density at radius 3 is 2.59 bits per heavy atom. The second kappa shape index (κ2) is 5.95. The molecular formula is C16H11FN2O2S. The van der Waals surface area contributed by atoms with Crippen molar-refractivity contribution in [2.45, 2.75) is 0 Å². The number of halogens is 1. The summed E-state index contributed by atoms with van der Waals surface area (Å²) in [4.78, 5) is 15.6. The molecule has 2 aromatic carbocycles. The third-order valence-corrected chi connectivity index (χ3v) is 3.87. The molecule has 6 heteroatoms. The van der Waals surface area contributed by atoms with E-state index in [1.807, 2.05) is 5.38 Å². The van der Waals surface area contributed by atoms with Crippen LogP contribution in [0.1, 0.15) is 10.4 Å². The summed E-state index contributed by atoms with van der Waals surface area (Å²) in [5.41, 5.74) is 2.02. The van der Waals surface area contributed by atoms with Crippen LogP contribution in [0.2, 0.25) is 0 Å². The van der Waals surface area contributed by atoms with Gasteiger partial charge in [0.15, 0.2) is 0 Å². The Hall–Kier alpha value is -2.73. The number of hydrogen-bond donors (Lipinski definition) is 2. The van der Waals surface area contributed by atoms with Crippen LogP contribution in [-0.4, -0.2) is 16.1 Å². The SMILES string of the molecule is O=C(O)c1ccc(-c2nccs2)cc1Nc1ccc(F)cc1. The Kier molecular flexibility index (Phi) is 3.84. The number of nitrogens with zero attached hydrogens (tertiary/aromatic N) is 1. The zero-order valence-electron chi connectivity index (χ0n) is 11.3. The average Bonchev–Trinajstić information content (AvgIpc) is 3.03. The number of nitrogens with one attached hydrogen (secondary N) is 1. The first-order chi connectivity index (χ1) is 10.6. The number of benzene rings is 2. The quantitative estimate of drug-likeness (QED) is 0.749. The zero-order valence-corrected chi connectivity index (χ0v) is 12.1. The van der Waals surface area contributed by atoms with E-state index < -0.39 is 5.97 Å². The topological polar surface area (TPSA) is 62.2 Å². The van der Waals surface area contributed by atoms with Gasteiger partial charge in [0.05, 0.1) is 11.3 Å². The predicted octanol–water partition coefficient (Wildman–Crippen LogP) is 4.39. The van der Waals surface area contributed by atoms with Crippen molar-refractivity contribution in [2.75, 3.05) is 5.32 Å². The fourth-order valence-electron chi connectivity index (χ4n) is 2.02. The Balaban J connectivity index is 2.01. The molecule has 0 saturated heterocycles. The molecule has 0 radical (unpaired) electrons. The molecule has 1 aromatic heterocycles. The van der Waals surface area contributed by atoms with Crippen LogP contribution in [0.5, 0.6) is 0 Å². The van der Waals surface area contributed by atoms with Crippen molar-refractivity contribution in [1.82, 2.24) is 4.98 Å². The summed E-state index contributed by atoms with van der Waals surface area (Å²) < 4.78 is 13.0. The molecule has 110 valence electrons. The van der Waals surface area contributed by atoms with E-state index in [0.717, 1.165) is 10.6 Å². The lowest BCUT2D eigenvalue weighted by Gasteiger charge is -2.11. The largest absolute Gasteiger partial charge is 0.478 e. The molecule has 0 fully saturated rings. The van der Waals surface area contributed by atoms with Crippen molar-refractivity contribution in [1.29, 1.82) is 0 Å². The molecule has 22 heavy (non-hydrogen) atoms. The summed E-state index contributed by atoms with van der Waals surface area (Å²) in [5, 5.41) is 15.0. The summed E-state index contributed by atoms with van der Waals surface area (Å²) >= 11 is 1.47. The number of carboxylic acids is 1. The van der Waals surface area contributed by atoms with E-state index in [9.17, 15) is 14.3 Å². The van der Waals surface area contributed by atoms with E-state index in [4.69, 9.17) is 0 Å². The summed E-state index contributed by atoms with van der Waals surface area (Å²) in [6.07, 6.45) is 1.69. The Bertz CT molecular complexity index is 802. The Morgan fingerprint density at radius 1 is 1.18 bits per heavy atom. The van der Waals surface area contributed by atoms with E-state index >= 15 is 0 Å². The summed E-state index contributed by atoms with van der Waals surface area (Å²) in [5.74, 6) is -1.38. The maximum atomic E-state index is 13.0. The molecular weight excluding hydrogens is 303 g/mol. The molecule has 0 amide bonds. The highest BCUT2D eigenvalue weighted by molar-refractivity contribution is 7.13. The number of anilines is 2. The number of rotatable bonds is 4. The first-order valence-electron chi connectivity index (χ1n) is 6.43. The molecule has 0 spiro atoms. The maximum Gasteiger partial charge on any atom is 0.337 e. The number of thiazole rings is 1. The van der Waals surface area contributed by atoms with Gasteiger partial charge in [-0.3, -0.25) is 0 Å². The smallest absolute Gasteiger partial charge is 0.337 e. The first-order valence-corrected chi connectivity index (χ1v) is 7.31. The van der Waals surface area contributed by atoms with E-state index in [0.29, 0.717) is 11.4 Å². The van der Waals surface area contributed by atoms with Crippen molar-refractivity contribution < 1.29 is 14.3 Å². The highest BCUT2D eigenvalue weighted by atomic mass is 32.1. The third kappa shape index (κ3) is 2.96. The van der Waals surface area contributed by atoms with Crippen LogP contribution in [0.4, 0.5) is 15.8 Å². The lowest BCUT2D eigenvalue weighted by molar-refractivity contribution is 0.0698. The van der Waals surface area contributed by atoms with E-state index in [-0.39, 0.29) is 11.4 Å². The van der Waals surface area contributed by atoms with Crippen LogP contribution >= 0.6 is 11.3 Å². The highest BCUT2D eigenvalue weighted by Crippen LogP contribution is 2.29. The predicted molar refractivity (Wildman–Crippen MR) is 84.2 cm³/mol. The van der Waals surface area contributed by atoms with Crippen LogP contribution in [0.25, 0.3) is 10.6 Å². The van der Waals surface area contributed by atoms with Gasteiger partial charge < -0.3 is 10.4 Å². The van der Waals surface area contributed by atoms with Gasteiger partial charge in [0.1, 0.15) is 10.8 Å². The second-order valence-corrected chi connectivity index (χ2v) is 5.43. The molecule has 0 unspecified atom stereocenters. The third-order valence-electron chi connectivity index (χ3n) is 3.05. The van der Waals surface area contributed by atoms with Gasteiger partial charge in [-0.25, -0.2) is 14.2 Å². The molecule has 3 rings (SSSR count). The summed E-state index contributed by atoms with van der Waals surface area (Å²) in [6, 6.07) is 10.7. The van der Waals surface area contributed by atoms with Gasteiger partial charge in [-0.1, -0.05) is 6.07 Å². The van der Waals surface area contributed by atoms with Gasteiger partial charge in [-0.15, -0.1) is 11.3 Å². The maximum absolute atomic E-state index is 13.0. The van der Waals surface area contributed by atoms with Crippen LogP contribution in [0.3, 0.4) is 0 Å². The number of carboxylic acid groups (broad SMARTS) is 1. The van der Waals surface area contributed by atoms with Gasteiger partial charge in [-0.05, 0) is 36.4 Å². The van der Waals surface area contributed by atoms with Crippen LogP contribution < -0.4 is 5.32 Å². The number of aromatic carboxylic acids is 1. The standard InChI is InChI=1S/C16H11FN2O2S/c17-11-2-4-12(5-3-11)19-14-9-10(15-18-7-8-22-15)1-6-13(14)16(20)21/h1-9,19H,(H,20,21).